The maximum absolute atomic E-state index is 12.1. The predicted molar refractivity (Wildman–Crippen MR) is 94.5 cm³/mol. The molecule has 1 aromatic rings. The van der Waals surface area contributed by atoms with E-state index >= 15 is 0 Å². The molecule has 4 nitrogen and oxygen atoms in total. The molecule has 22 heavy (non-hydrogen) atoms. The Bertz CT molecular complexity index is 461. The first-order valence-electron chi connectivity index (χ1n) is 8.28. The highest BCUT2D eigenvalue weighted by atomic mass is 16.2. The highest BCUT2D eigenvalue weighted by Gasteiger charge is 2.11. The van der Waals surface area contributed by atoms with Crippen molar-refractivity contribution in [1.82, 2.24) is 10.2 Å². The van der Waals surface area contributed by atoms with E-state index in [1.54, 1.807) is 4.90 Å². The normalized spacial score (nSPS) is 11.9. The largest absolute Gasteiger partial charge is 0.370 e. The SMILES string of the molecule is CCC(C)CN(C)C(=O)NCCN(CC)c1cccc(C)c1. The molecule has 0 aliphatic rings. The van der Waals surface area contributed by atoms with Crippen molar-refractivity contribution in [1.29, 1.82) is 0 Å². The van der Waals surface area contributed by atoms with Crippen molar-refractivity contribution in [2.24, 2.45) is 5.92 Å². The molecule has 0 aliphatic heterocycles. The van der Waals surface area contributed by atoms with Gasteiger partial charge in [-0.15, -0.1) is 0 Å². The zero-order valence-electron chi connectivity index (χ0n) is 14.7. The first-order valence-corrected chi connectivity index (χ1v) is 8.28. The van der Waals surface area contributed by atoms with Gasteiger partial charge in [0.15, 0.2) is 0 Å². The van der Waals surface area contributed by atoms with Gasteiger partial charge in [0, 0.05) is 38.9 Å². The second-order valence-electron chi connectivity index (χ2n) is 6.04. The van der Waals surface area contributed by atoms with Crippen molar-refractivity contribution in [2.75, 3.05) is 38.1 Å². The minimum Gasteiger partial charge on any atom is -0.370 e. The molecule has 2 amide bonds. The van der Waals surface area contributed by atoms with E-state index in [0.29, 0.717) is 12.5 Å². The van der Waals surface area contributed by atoms with Crippen LogP contribution in [0, 0.1) is 12.8 Å². The van der Waals surface area contributed by atoms with Crippen molar-refractivity contribution >= 4 is 11.7 Å². The Morgan fingerprint density at radius 1 is 1.32 bits per heavy atom. The van der Waals surface area contributed by atoms with Crippen LogP contribution in [0.15, 0.2) is 24.3 Å². The predicted octanol–water partition coefficient (Wildman–Crippen LogP) is 3.51. The second-order valence-corrected chi connectivity index (χ2v) is 6.04. The molecule has 4 heteroatoms. The van der Waals surface area contributed by atoms with Gasteiger partial charge in [0.2, 0.25) is 0 Å². The molecule has 0 aromatic heterocycles. The Hall–Kier alpha value is -1.71. The molecule has 0 saturated carbocycles. The van der Waals surface area contributed by atoms with Gasteiger partial charge in [-0.3, -0.25) is 0 Å². The molecular formula is C18H31N3O. The number of hydrogen-bond acceptors (Lipinski definition) is 2. The molecule has 0 bridgehead atoms. The summed E-state index contributed by atoms with van der Waals surface area (Å²) >= 11 is 0. The molecular weight excluding hydrogens is 274 g/mol. The number of benzene rings is 1. The number of urea groups is 1. The first kappa shape index (κ1) is 18.3. The molecule has 0 heterocycles. The number of anilines is 1. The van der Waals surface area contributed by atoms with Crippen molar-refractivity contribution in [2.45, 2.75) is 34.1 Å². The van der Waals surface area contributed by atoms with Crippen LogP contribution >= 0.6 is 0 Å². The zero-order chi connectivity index (χ0) is 16.5. The summed E-state index contributed by atoms with van der Waals surface area (Å²) in [5.74, 6) is 0.537. The molecule has 1 aromatic carbocycles. The number of rotatable bonds is 8. The molecule has 1 unspecified atom stereocenters. The number of nitrogens with one attached hydrogen (secondary N) is 1. The maximum atomic E-state index is 12.1. The molecule has 0 spiro atoms. The van der Waals surface area contributed by atoms with E-state index in [1.165, 1.54) is 11.3 Å². The number of likely N-dealkylation sites (N-methyl/N-ethyl adjacent to an activating group) is 1. The van der Waals surface area contributed by atoms with Gasteiger partial charge in [-0.05, 0) is 37.5 Å². The third kappa shape index (κ3) is 5.96. The fraction of sp³-hybridized carbons (Fsp3) is 0.611. The fourth-order valence-corrected chi connectivity index (χ4v) is 2.41. The summed E-state index contributed by atoms with van der Waals surface area (Å²) < 4.78 is 0. The highest BCUT2D eigenvalue weighted by molar-refractivity contribution is 5.73. The lowest BCUT2D eigenvalue weighted by Gasteiger charge is -2.25. The van der Waals surface area contributed by atoms with E-state index in [-0.39, 0.29) is 6.03 Å². The Labute approximate surface area is 135 Å². The molecule has 0 radical (unpaired) electrons. The van der Waals surface area contributed by atoms with Crippen LogP contribution in [0.2, 0.25) is 0 Å². The van der Waals surface area contributed by atoms with Gasteiger partial charge in [-0.2, -0.15) is 0 Å². The van der Waals surface area contributed by atoms with E-state index in [9.17, 15) is 4.79 Å². The standard InChI is InChI=1S/C18H31N3O/c1-6-15(3)14-20(5)18(22)19-11-12-21(7-2)17-10-8-9-16(4)13-17/h8-10,13,15H,6-7,11-12,14H2,1-5H3,(H,19,22). The summed E-state index contributed by atoms with van der Waals surface area (Å²) in [4.78, 5) is 16.1. The summed E-state index contributed by atoms with van der Waals surface area (Å²) in [5.41, 5.74) is 2.47. The smallest absolute Gasteiger partial charge is 0.317 e. The number of aryl methyl sites for hydroxylation is 1. The van der Waals surface area contributed by atoms with E-state index in [0.717, 1.165) is 26.1 Å². The summed E-state index contributed by atoms with van der Waals surface area (Å²) in [6.45, 7) is 11.8. The Balaban J connectivity index is 2.42. The molecule has 0 fully saturated rings. The Kier molecular flexibility index (Phi) is 7.78. The van der Waals surface area contributed by atoms with Crippen LogP contribution in [0.25, 0.3) is 0 Å². The molecule has 0 saturated heterocycles. The van der Waals surface area contributed by atoms with Crippen molar-refractivity contribution in [3.05, 3.63) is 29.8 Å². The average molecular weight is 305 g/mol. The van der Waals surface area contributed by atoms with Gasteiger partial charge < -0.3 is 15.1 Å². The third-order valence-electron chi connectivity index (χ3n) is 4.04. The van der Waals surface area contributed by atoms with Crippen LogP contribution in [0.1, 0.15) is 32.8 Å². The van der Waals surface area contributed by atoms with Gasteiger partial charge in [-0.25, -0.2) is 4.79 Å². The Morgan fingerprint density at radius 2 is 2.05 bits per heavy atom. The molecule has 1 N–H and O–H groups in total. The van der Waals surface area contributed by atoms with Gasteiger partial charge in [0.05, 0.1) is 0 Å². The summed E-state index contributed by atoms with van der Waals surface area (Å²) in [7, 11) is 1.86. The first-order chi connectivity index (χ1) is 10.5. The number of hydrogen-bond donors (Lipinski definition) is 1. The summed E-state index contributed by atoms with van der Waals surface area (Å²) in [5, 5.41) is 3.01. The highest BCUT2D eigenvalue weighted by Crippen LogP contribution is 2.15. The lowest BCUT2D eigenvalue weighted by atomic mass is 10.1. The van der Waals surface area contributed by atoms with Crippen LogP contribution in [0.3, 0.4) is 0 Å². The number of nitrogens with zero attached hydrogens (tertiary/aromatic N) is 2. The fourth-order valence-electron chi connectivity index (χ4n) is 2.41. The number of carbonyl (C=O) groups is 1. The van der Waals surface area contributed by atoms with E-state index in [2.05, 4.69) is 62.2 Å². The molecule has 0 aliphatic carbocycles. The van der Waals surface area contributed by atoms with Crippen LogP contribution < -0.4 is 10.2 Å². The van der Waals surface area contributed by atoms with Crippen LogP contribution in [-0.4, -0.2) is 44.2 Å². The maximum Gasteiger partial charge on any atom is 0.317 e. The molecule has 1 rings (SSSR count). The Morgan fingerprint density at radius 3 is 2.64 bits per heavy atom. The van der Waals surface area contributed by atoms with Crippen LogP contribution in [0.5, 0.6) is 0 Å². The van der Waals surface area contributed by atoms with Gasteiger partial charge in [-0.1, -0.05) is 32.4 Å². The lowest BCUT2D eigenvalue weighted by Crippen LogP contribution is -2.42. The van der Waals surface area contributed by atoms with Gasteiger partial charge >= 0.3 is 6.03 Å². The molecule has 124 valence electrons. The van der Waals surface area contributed by atoms with Gasteiger partial charge in [0.25, 0.3) is 0 Å². The van der Waals surface area contributed by atoms with Gasteiger partial charge in [0.1, 0.15) is 0 Å². The topological polar surface area (TPSA) is 35.6 Å². The summed E-state index contributed by atoms with van der Waals surface area (Å²) in [6.07, 6.45) is 1.09. The molecule has 1 atom stereocenters. The lowest BCUT2D eigenvalue weighted by molar-refractivity contribution is 0.201. The zero-order valence-corrected chi connectivity index (χ0v) is 14.7. The van der Waals surface area contributed by atoms with Crippen LogP contribution in [-0.2, 0) is 0 Å². The quantitative estimate of drug-likeness (QED) is 0.798. The third-order valence-corrected chi connectivity index (χ3v) is 4.04. The van der Waals surface area contributed by atoms with Crippen molar-refractivity contribution in [3.63, 3.8) is 0 Å². The average Bonchev–Trinajstić information content (AvgIpc) is 2.51. The van der Waals surface area contributed by atoms with E-state index < -0.39 is 0 Å². The minimum absolute atomic E-state index is 0.0144. The minimum atomic E-state index is 0.0144. The van der Waals surface area contributed by atoms with Crippen molar-refractivity contribution < 1.29 is 4.79 Å². The second kappa shape index (κ2) is 9.34. The number of carbonyl (C=O) groups excluding carboxylic acids is 1. The van der Waals surface area contributed by atoms with E-state index in [1.807, 2.05) is 7.05 Å². The number of amides is 2. The monoisotopic (exact) mass is 305 g/mol. The van der Waals surface area contributed by atoms with E-state index in [4.69, 9.17) is 0 Å². The summed E-state index contributed by atoms with van der Waals surface area (Å²) in [6, 6.07) is 8.49. The van der Waals surface area contributed by atoms with Crippen molar-refractivity contribution in [3.8, 4) is 0 Å². The van der Waals surface area contributed by atoms with Crippen LogP contribution in [0.4, 0.5) is 10.5 Å².